The Balaban J connectivity index is 1.30. The number of ether oxygens (including phenoxy) is 2. The van der Waals surface area contributed by atoms with E-state index in [9.17, 15) is 9.59 Å². The molecule has 3 rings (SSSR count). The molecule has 1 saturated heterocycles. The Labute approximate surface area is 190 Å². The SMILES string of the molecule is CCOc1ccc(OCCNC(=O)CN2CCN(C(=O)Cc3ccccc3C)CC2)cc1. The summed E-state index contributed by atoms with van der Waals surface area (Å²) in [6.07, 6.45) is 0.432. The summed E-state index contributed by atoms with van der Waals surface area (Å²) in [6.45, 7) is 8.50. The second kappa shape index (κ2) is 12.1. The van der Waals surface area contributed by atoms with E-state index in [-0.39, 0.29) is 11.8 Å². The molecule has 1 aliphatic rings. The highest BCUT2D eigenvalue weighted by molar-refractivity contribution is 5.79. The highest BCUT2D eigenvalue weighted by Gasteiger charge is 2.22. The Bertz CT molecular complexity index is 877. The van der Waals surface area contributed by atoms with Gasteiger partial charge in [-0.1, -0.05) is 24.3 Å². The minimum absolute atomic E-state index is 0.0278. The molecule has 7 nitrogen and oxygen atoms in total. The lowest BCUT2D eigenvalue weighted by atomic mass is 10.1. The van der Waals surface area contributed by atoms with E-state index in [0.29, 0.717) is 58.9 Å². The van der Waals surface area contributed by atoms with Crippen LogP contribution in [0.2, 0.25) is 0 Å². The van der Waals surface area contributed by atoms with Crippen molar-refractivity contribution < 1.29 is 19.1 Å². The van der Waals surface area contributed by atoms with E-state index < -0.39 is 0 Å². The fraction of sp³-hybridized carbons (Fsp3) is 0.440. The van der Waals surface area contributed by atoms with Crippen molar-refractivity contribution in [3.63, 3.8) is 0 Å². The van der Waals surface area contributed by atoms with Gasteiger partial charge in [-0.05, 0) is 49.2 Å². The van der Waals surface area contributed by atoms with Crippen LogP contribution in [0.25, 0.3) is 0 Å². The standard InChI is InChI=1S/C25H33N3O4/c1-3-31-22-8-10-23(11-9-22)32-17-12-26-24(29)19-27-13-15-28(16-14-27)25(30)18-21-7-5-4-6-20(21)2/h4-11H,3,12-19H2,1-2H3,(H,26,29). The van der Waals surface area contributed by atoms with E-state index in [2.05, 4.69) is 10.2 Å². The number of nitrogens with zero attached hydrogens (tertiary/aromatic N) is 2. The van der Waals surface area contributed by atoms with E-state index in [1.807, 2.05) is 67.3 Å². The second-order valence-electron chi connectivity index (χ2n) is 7.86. The number of carbonyl (C=O) groups is 2. The molecule has 172 valence electrons. The van der Waals surface area contributed by atoms with Crippen LogP contribution in [0.5, 0.6) is 11.5 Å². The number of benzene rings is 2. The van der Waals surface area contributed by atoms with Gasteiger partial charge in [0, 0.05) is 26.2 Å². The lowest BCUT2D eigenvalue weighted by molar-refractivity contribution is -0.132. The minimum atomic E-state index is -0.0278. The Morgan fingerprint density at radius 1 is 0.938 bits per heavy atom. The molecular formula is C25H33N3O4. The zero-order valence-corrected chi connectivity index (χ0v) is 19.0. The zero-order valence-electron chi connectivity index (χ0n) is 19.0. The molecule has 0 unspecified atom stereocenters. The summed E-state index contributed by atoms with van der Waals surface area (Å²) in [5.41, 5.74) is 2.22. The topological polar surface area (TPSA) is 71.1 Å². The average Bonchev–Trinajstić information content (AvgIpc) is 2.80. The van der Waals surface area contributed by atoms with Gasteiger partial charge in [-0.25, -0.2) is 0 Å². The van der Waals surface area contributed by atoms with Gasteiger partial charge >= 0.3 is 0 Å². The Morgan fingerprint density at radius 2 is 1.59 bits per heavy atom. The maximum absolute atomic E-state index is 12.6. The maximum Gasteiger partial charge on any atom is 0.234 e. The third-order valence-corrected chi connectivity index (χ3v) is 5.52. The highest BCUT2D eigenvalue weighted by Crippen LogP contribution is 2.17. The van der Waals surface area contributed by atoms with Crippen LogP contribution in [-0.2, 0) is 16.0 Å². The van der Waals surface area contributed by atoms with Crippen LogP contribution in [-0.4, -0.2) is 74.1 Å². The number of rotatable bonds is 10. The van der Waals surface area contributed by atoms with Gasteiger partial charge in [-0.3, -0.25) is 14.5 Å². The van der Waals surface area contributed by atoms with Crippen LogP contribution in [0.1, 0.15) is 18.1 Å². The van der Waals surface area contributed by atoms with E-state index in [4.69, 9.17) is 9.47 Å². The van der Waals surface area contributed by atoms with Crippen LogP contribution < -0.4 is 14.8 Å². The van der Waals surface area contributed by atoms with Crippen LogP contribution in [0.4, 0.5) is 0 Å². The first kappa shape index (κ1) is 23.6. The quantitative estimate of drug-likeness (QED) is 0.575. The van der Waals surface area contributed by atoms with Crippen LogP contribution in [0.3, 0.4) is 0 Å². The van der Waals surface area contributed by atoms with Gasteiger partial charge in [0.2, 0.25) is 11.8 Å². The third kappa shape index (κ3) is 7.27. The van der Waals surface area contributed by atoms with E-state index in [1.165, 1.54) is 0 Å². The molecule has 2 aromatic rings. The van der Waals surface area contributed by atoms with Crippen molar-refractivity contribution in [2.45, 2.75) is 20.3 Å². The fourth-order valence-corrected chi connectivity index (χ4v) is 3.66. The number of piperazine rings is 1. The summed E-state index contributed by atoms with van der Waals surface area (Å²) in [4.78, 5) is 28.8. The summed E-state index contributed by atoms with van der Waals surface area (Å²) >= 11 is 0. The van der Waals surface area contributed by atoms with E-state index in [0.717, 1.165) is 22.6 Å². The van der Waals surface area contributed by atoms with Crippen molar-refractivity contribution in [3.05, 3.63) is 59.7 Å². The molecule has 0 aromatic heterocycles. The summed E-state index contributed by atoms with van der Waals surface area (Å²) < 4.78 is 11.1. The first-order chi connectivity index (χ1) is 15.5. The van der Waals surface area contributed by atoms with Crippen molar-refractivity contribution >= 4 is 11.8 Å². The third-order valence-electron chi connectivity index (χ3n) is 5.52. The number of carbonyl (C=O) groups excluding carboxylic acids is 2. The highest BCUT2D eigenvalue weighted by atomic mass is 16.5. The molecule has 7 heteroatoms. The summed E-state index contributed by atoms with van der Waals surface area (Å²) in [5.74, 6) is 1.68. The number of amides is 2. The number of aryl methyl sites for hydroxylation is 1. The first-order valence-electron chi connectivity index (χ1n) is 11.2. The molecule has 0 radical (unpaired) electrons. The Morgan fingerprint density at radius 3 is 2.25 bits per heavy atom. The van der Waals surface area contributed by atoms with Crippen molar-refractivity contribution in [1.29, 1.82) is 0 Å². The normalized spacial score (nSPS) is 14.1. The van der Waals surface area contributed by atoms with Gasteiger partial charge in [0.1, 0.15) is 18.1 Å². The monoisotopic (exact) mass is 439 g/mol. The Kier molecular flexibility index (Phi) is 8.92. The minimum Gasteiger partial charge on any atom is -0.494 e. The molecule has 1 fully saturated rings. The molecule has 0 atom stereocenters. The molecule has 0 saturated carbocycles. The number of nitrogens with one attached hydrogen (secondary N) is 1. The summed E-state index contributed by atoms with van der Waals surface area (Å²) in [7, 11) is 0. The van der Waals surface area contributed by atoms with E-state index >= 15 is 0 Å². The smallest absolute Gasteiger partial charge is 0.234 e. The summed E-state index contributed by atoms with van der Waals surface area (Å²) in [6, 6.07) is 15.4. The van der Waals surface area contributed by atoms with Crippen molar-refractivity contribution in [1.82, 2.24) is 15.1 Å². The molecule has 2 amide bonds. The zero-order chi connectivity index (χ0) is 22.8. The molecule has 1 N–H and O–H groups in total. The number of hydrogen-bond acceptors (Lipinski definition) is 5. The van der Waals surface area contributed by atoms with Crippen molar-refractivity contribution in [3.8, 4) is 11.5 Å². The van der Waals surface area contributed by atoms with Crippen molar-refractivity contribution in [2.24, 2.45) is 0 Å². The van der Waals surface area contributed by atoms with Gasteiger partial charge in [-0.15, -0.1) is 0 Å². The molecule has 0 spiro atoms. The van der Waals surface area contributed by atoms with Crippen molar-refractivity contribution in [2.75, 3.05) is 52.5 Å². The van der Waals surface area contributed by atoms with Gasteiger partial charge in [-0.2, -0.15) is 0 Å². The second-order valence-corrected chi connectivity index (χ2v) is 7.86. The molecule has 1 heterocycles. The van der Waals surface area contributed by atoms with E-state index in [1.54, 1.807) is 0 Å². The fourth-order valence-electron chi connectivity index (χ4n) is 3.66. The van der Waals surface area contributed by atoms with Gasteiger partial charge in [0.15, 0.2) is 0 Å². The molecular weight excluding hydrogens is 406 g/mol. The Hall–Kier alpha value is -3.06. The van der Waals surface area contributed by atoms with Gasteiger partial charge < -0.3 is 19.7 Å². The molecule has 1 aliphatic heterocycles. The molecule has 0 aliphatic carbocycles. The predicted molar refractivity (Wildman–Crippen MR) is 124 cm³/mol. The first-order valence-corrected chi connectivity index (χ1v) is 11.2. The lowest BCUT2D eigenvalue weighted by Crippen LogP contribution is -2.51. The number of hydrogen-bond donors (Lipinski definition) is 1. The molecule has 32 heavy (non-hydrogen) atoms. The molecule has 0 bridgehead atoms. The maximum atomic E-state index is 12.6. The average molecular weight is 440 g/mol. The van der Waals surface area contributed by atoms with Crippen LogP contribution in [0, 0.1) is 6.92 Å². The van der Waals surface area contributed by atoms with Gasteiger partial charge in [0.05, 0.1) is 26.1 Å². The van der Waals surface area contributed by atoms with Crippen LogP contribution >= 0.6 is 0 Å². The largest absolute Gasteiger partial charge is 0.494 e. The van der Waals surface area contributed by atoms with Crippen LogP contribution in [0.15, 0.2) is 48.5 Å². The lowest BCUT2D eigenvalue weighted by Gasteiger charge is -2.34. The summed E-state index contributed by atoms with van der Waals surface area (Å²) in [5, 5.41) is 2.89. The molecule has 2 aromatic carbocycles. The van der Waals surface area contributed by atoms with Gasteiger partial charge in [0.25, 0.3) is 0 Å². The predicted octanol–water partition coefficient (Wildman–Crippen LogP) is 2.28.